The molecule has 0 fully saturated rings. The Bertz CT molecular complexity index is 577. The van der Waals surface area contributed by atoms with Gasteiger partial charge in [-0.25, -0.2) is 4.79 Å². The number of carbonyl (C=O) groups excluding carboxylic acids is 1. The first-order valence-electron chi connectivity index (χ1n) is 11.2. The number of hydrogen-bond acceptors (Lipinski definition) is 7. The van der Waals surface area contributed by atoms with Gasteiger partial charge < -0.3 is 33.3 Å². The van der Waals surface area contributed by atoms with E-state index in [1.165, 1.54) is 5.56 Å². The van der Waals surface area contributed by atoms with Crippen molar-refractivity contribution in [1.29, 1.82) is 0 Å². The van der Waals surface area contributed by atoms with Crippen LogP contribution < -0.4 is 0 Å². The molecule has 1 amide bonds. The van der Waals surface area contributed by atoms with E-state index in [4.69, 9.17) is 28.4 Å². The van der Waals surface area contributed by atoms with Crippen LogP contribution in [0.1, 0.15) is 26.3 Å². The Kier molecular flexibility index (Phi) is 15.8. The van der Waals surface area contributed by atoms with Gasteiger partial charge in [-0.05, 0) is 32.8 Å². The van der Waals surface area contributed by atoms with Gasteiger partial charge in [0.15, 0.2) is 0 Å². The molecular weight excluding hydrogens is 414 g/mol. The minimum Gasteiger partial charge on any atom is -0.447 e. The monoisotopic (exact) mass is 455 g/mol. The summed E-state index contributed by atoms with van der Waals surface area (Å²) in [6, 6.07) is 10.1. The largest absolute Gasteiger partial charge is 0.447 e. The quantitative estimate of drug-likeness (QED) is 0.315. The second-order valence-corrected chi connectivity index (χ2v) is 8.11. The lowest BCUT2D eigenvalue weighted by Crippen LogP contribution is -2.47. The van der Waals surface area contributed by atoms with Crippen molar-refractivity contribution in [2.24, 2.45) is 0 Å². The van der Waals surface area contributed by atoms with Gasteiger partial charge >= 0.3 is 6.09 Å². The normalized spacial score (nSPS) is 11.5. The van der Waals surface area contributed by atoms with E-state index in [0.717, 1.165) is 6.42 Å². The van der Waals surface area contributed by atoms with Crippen molar-refractivity contribution < 1.29 is 33.2 Å². The average molecular weight is 456 g/mol. The summed E-state index contributed by atoms with van der Waals surface area (Å²) < 4.78 is 31.9. The van der Waals surface area contributed by atoms with Crippen molar-refractivity contribution in [3.63, 3.8) is 0 Å². The van der Waals surface area contributed by atoms with Crippen LogP contribution in [0.25, 0.3) is 0 Å². The number of amides is 1. The Labute approximate surface area is 193 Å². The molecule has 0 heterocycles. The highest BCUT2D eigenvalue weighted by Gasteiger charge is 2.27. The first kappa shape index (κ1) is 28.3. The molecule has 1 aromatic carbocycles. The number of benzene rings is 1. The molecule has 0 bridgehead atoms. The highest BCUT2D eigenvalue weighted by molar-refractivity contribution is 5.68. The zero-order valence-corrected chi connectivity index (χ0v) is 20.2. The van der Waals surface area contributed by atoms with Gasteiger partial charge in [-0.15, -0.1) is 0 Å². The predicted octanol–water partition coefficient (Wildman–Crippen LogP) is 3.18. The van der Waals surface area contributed by atoms with Gasteiger partial charge in [0, 0.05) is 19.2 Å². The summed E-state index contributed by atoms with van der Waals surface area (Å²) in [5.74, 6) is 0. The van der Waals surface area contributed by atoms with Gasteiger partial charge in [-0.3, -0.25) is 0 Å². The van der Waals surface area contributed by atoms with Gasteiger partial charge in [-0.2, -0.15) is 0 Å². The topological polar surface area (TPSA) is 75.7 Å². The molecule has 0 unspecified atom stereocenters. The van der Waals surface area contributed by atoms with Crippen LogP contribution in [0.15, 0.2) is 30.3 Å². The molecule has 1 aromatic rings. The SMILES string of the molecule is COCCOCCOCCOCCOCCOC(=O)N(CCc1ccccc1)C(C)(C)C. The molecule has 0 atom stereocenters. The van der Waals surface area contributed by atoms with E-state index in [9.17, 15) is 4.79 Å². The lowest BCUT2D eigenvalue weighted by molar-refractivity contribution is -0.0132. The van der Waals surface area contributed by atoms with Gasteiger partial charge in [0.1, 0.15) is 6.61 Å². The molecule has 0 spiro atoms. The number of carbonyl (C=O) groups is 1. The molecule has 1 rings (SSSR count). The van der Waals surface area contributed by atoms with Gasteiger partial charge in [0.25, 0.3) is 0 Å². The maximum atomic E-state index is 12.5. The molecular formula is C24H41NO7. The lowest BCUT2D eigenvalue weighted by Gasteiger charge is -2.34. The van der Waals surface area contributed by atoms with Gasteiger partial charge in [0.2, 0.25) is 0 Å². The Balaban J connectivity index is 2.04. The summed E-state index contributed by atoms with van der Waals surface area (Å²) >= 11 is 0. The van der Waals surface area contributed by atoms with Crippen molar-refractivity contribution in [1.82, 2.24) is 4.90 Å². The fourth-order valence-electron chi connectivity index (χ4n) is 2.76. The van der Waals surface area contributed by atoms with E-state index in [0.29, 0.717) is 66.0 Å². The average Bonchev–Trinajstić information content (AvgIpc) is 2.76. The minimum atomic E-state index is -0.323. The fraction of sp³-hybridized carbons (Fsp3) is 0.708. The summed E-state index contributed by atoms with van der Waals surface area (Å²) in [6.07, 6.45) is 0.461. The summed E-state index contributed by atoms with van der Waals surface area (Å²) in [5.41, 5.74) is 0.872. The molecule has 0 aromatic heterocycles. The number of nitrogens with zero attached hydrogens (tertiary/aromatic N) is 1. The standard InChI is InChI=1S/C24H41NO7/c1-24(2,3)25(11-10-22-8-6-5-7-9-22)23(26)32-21-20-31-19-18-30-17-16-29-15-14-28-13-12-27-4/h5-9H,10-21H2,1-4H3. The van der Waals surface area contributed by atoms with Crippen LogP contribution in [-0.4, -0.2) is 96.3 Å². The maximum Gasteiger partial charge on any atom is 0.410 e. The van der Waals surface area contributed by atoms with Crippen molar-refractivity contribution in [3.8, 4) is 0 Å². The van der Waals surface area contributed by atoms with Crippen molar-refractivity contribution in [2.45, 2.75) is 32.7 Å². The van der Waals surface area contributed by atoms with Crippen LogP contribution in [0.4, 0.5) is 4.79 Å². The minimum absolute atomic E-state index is 0.211. The van der Waals surface area contributed by atoms with E-state index < -0.39 is 0 Å². The van der Waals surface area contributed by atoms with E-state index in [1.54, 1.807) is 12.0 Å². The molecule has 0 aliphatic rings. The summed E-state index contributed by atoms with van der Waals surface area (Å²) in [4.78, 5) is 14.3. The second-order valence-electron chi connectivity index (χ2n) is 8.11. The molecule has 0 aliphatic heterocycles. The van der Waals surface area contributed by atoms with Gasteiger partial charge in [0.05, 0.1) is 59.5 Å². The molecule has 8 nitrogen and oxygen atoms in total. The van der Waals surface area contributed by atoms with Crippen LogP contribution in [0.2, 0.25) is 0 Å². The molecule has 32 heavy (non-hydrogen) atoms. The second kappa shape index (κ2) is 17.8. The number of hydrogen-bond donors (Lipinski definition) is 0. The third-order valence-electron chi connectivity index (χ3n) is 4.50. The van der Waals surface area contributed by atoms with Crippen LogP contribution in [0.5, 0.6) is 0 Å². The zero-order chi connectivity index (χ0) is 23.5. The Morgan fingerprint density at radius 2 is 1.22 bits per heavy atom. The molecule has 0 aliphatic carbocycles. The fourth-order valence-corrected chi connectivity index (χ4v) is 2.76. The summed E-state index contributed by atoms with van der Waals surface area (Å²) in [6.45, 7) is 11.3. The maximum absolute atomic E-state index is 12.5. The van der Waals surface area contributed by atoms with Crippen LogP contribution in [-0.2, 0) is 34.8 Å². The Morgan fingerprint density at radius 1 is 0.750 bits per heavy atom. The van der Waals surface area contributed by atoms with E-state index in [-0.39, 0.29) is 18.2 Å². The Morgan fingerprint density at radius 3 is 1.69 bits per heavy atom. The third-order valence-corrected chi connectivity index (χ3v) is 4.50. The number of rotatable bonds is 18. The molecule has 0 saturated carbocycles. The van der Waals surface area contributed by atoms with E-state index in [1.807, 2.05) is 39.0 Å². The smallest absolute Gasteiger partial charge is 0.410 e. The van der Waals surface area contributed by atoms with Crippen LogP contribution in [0.3, 0.4) is 0 Å². The Hall–Kier alpha value is -1.71. The summed E-state index contributed by atoms with van der Waals surface area (Å²) in [5, 5.41) is 0. The van der Waals surface area contributed by atoms with Crippen LogP contribution >= 0.6 is 0 Å². The lowest BCUT2D eigenvalue weighted by atomic mass is 10.1. The number of methoxy groups -OCH3 is 1. The summed E-state index contributed by atoms with van der Waals surface area (Å²) in [7, 11) is 1.64. The van der Waals surface area contributed by atoms with Crippen molar-refractivity contribution in [3.05, 3.63) is 35.9 Å². The third kappa shape index (κ3) is 14.4. The van der Waals surface area contributed by atoms with Crippen LogP contribution in [0, 0.1) is 0 Å². The molecule has 8 heteroatoms. The first-order valence-corrected chi connectivity index (χ1v) is 11.2. The van der Waals surface area contributed by atoms with Crippen molar-refractivity contribution >= 4 is 6.09 Å². The zero-order valence-electron chi connectivity index (χ0n) is 20.2. The highest BCUT2D eigenvalue weighted by atomic mass is 16.6. The predicted molar refractivity (Wildman–Crippen MR) is 123 cm³/mol. The molecule has 0 radical (unpaired) electrons. The number of ether oxygens (including phenoxy) is 6. The molecule has 0 N–H and O–H groups in total. The van der Waals surface area contributed by atoms with Crippen molar-refractivity contribution in [2.75, 3.05) is 79.7 Å². The van der Waals surface area contributed by atoms with Gasteiger partial charge in [-0.1, -0.05) is 30.3 Å². The van der Waals surface area contributed by atoms with E-state index in [2.05, 4.69) is 12.1 Å². The first-order chi connectivity index (χ1) is 15.4. The molecule has 184 valence electrons. The highest BCUT2D eigenvalue weighted by Crippen LogP contribution is 2.16. The molecule has 0 saturated heterocycles. The van der Waals surface area contributed by atoms with E-state index >= 15 is 0 Å².